The van der Waals surface area contributed by atoms with E-state index in [1.165, 1.54) is 17.4 Å². The smallest absolute Gasteiger partial charge is 0.265 e. The first-order valence-electron chi connectivity index (χ1n) is 8.69. The van der Waals surface area contributed by atoms with Crippen molar-refractivity contribution in [3.8, 4) is 5.75 Å². The van der Waals surface area contributed by atoms with Gasteiger partial charge in [-0.1, -0.05) is 26.0 Å². The number of nitrogens with zero attached hydrogens (tertiary/aromatic N) is 1. The molecule has 0 fully saturated rings. The highest BCUT2D eigenvalue weighted by Gasteiger charge is 2.15. The third kappa shape index (κ3) is 5.09. The summed E-state index contributed by atoms with van der Waals surface area (Å²) in [4.78, 5) is 25.2. The van der Waals surface area contributed by atoms with Gasteiger partial charge in [0.25, 0.3) is 5.91 Å². The van der Waals surface area contributed by atoms with Crippen molar-refractivity contribution in [3.63, 3.8) is 0 Å². The van der Waals surface area contributed by atoms with Gasteiger partial charge in [-0.2, -0.15) is 0 Å². The Morgan fingerprint density at radius 3 is 2.04 bits per heavy atom. The quantitative estimate of drug-likeness (QED) is 0.846. The molecule has 26 heavy (non-hydrogen) atoms. The highest BCUT2D eigenvalue weighted by atomic mass is 16.5. The summed E-state index contributed by atoms with van der Waals surface area (Å²) in [6, 6.07) is 14.9. The largest absolute Gasteiger partial charge is 0.481 e. The van der Waals surface area contributed by atoms with E-state index >= 15 is 0 Å². The maximum atomic E-state index is 12.3. The Morgan fingerprint density at radius 1 is 0.962 bits per heavy atom. The summed E-state index contributed by atoms with van der Waals surface area (Å²) in [5.74, 6) is 0.836. The van der Waals surface area contributed by atoms with Gasteiger partial charge in [-0.25, -0.2) is 0 Å². The van der Waals surface area contributed by atoms with Crippen molar-refractivity contribution < 1.29 is 14.3 Å². The molecule has 0 aliphatic carbocycles. The molecule has 2 rings (SSSR count). The molecule has 1 N–H and O–H groups in total. The van der Waals surface area contributed by atoms with Crippen LogP contribution in [0, 0.1) is 0 Å². The van der Waals surface area contributed by atoms with Crippen LogP contribution in [-0.2, 0) is 9.59 Å². The Labute approximate surface area is 155 Å². The number of hydrogen-bond donors (Lipinski definition) is 1. The fraction of sp³-hybridized carbons (Fsp3) is 0.333. The van der Waals surface area contributed by atoms with E-state index in [4.69, 9.17) is 4.74 Å². The number of hydrogen-bond acceptors (Lipinski definition) is 3. The minimum Gasteiger partial charge on any atom is -0.481 e. The van der Waals surface area contributed by atoms with E-state index in [2.05, 4.69) is 19.2 Å². The van der Waals surface area contributed by atoms with Crippen molar-refractivity contribution in [1.82, 2.24) is 0 Å². The van der Waals surface area contributed by atoms with Crippen LogP contribution in [0.5, 0.6) is 5.75 Å². The SMILES string of the molecule is CC(=O)N(C)c1ccc(NC(=O)C(C)Oc2ccc(C(C)C)cc2)cc1. The van der Waals surface area contributed by atoms with E-state index in [0.29, 0.717) is 17.4 Å². The number of rotatable bonds is 6. The Bertz CT molecular complexity index is 752. The molecule has 0 heterocycles. The first-order chi connectivity index (χ1) is 12.3. The van der Waals surface area contributed by atoms with Crippen LogP contribution in [0.2, 0.25) is 0 Å². The monoisotopic (exact) mass is 354 g/mol. The van der Waals surface area contributed by atoms with Gasteiger partial charge >= 0.3 is 0 Å². The van der Waals surface area contributed by atoms with Crippen LogP contribution in [0.3, 0.4) is 0 Å². The number of carbonyl (C=O) groups excluding carboxylic acids is 2. The third-order valence-electron chi connectivity index (χ3n) is 4.22. The Balaban J connectivity index is 1.95. The second-order valence-electron chi connectivity index (χ2n) is 6.60. The molecule has 0 aromatic heterocycles. The molecule has 0 aliphatic heterocycles. The number of nitrogens with one attached hydrogen (secondary N) is 1. The van der Waals surface area contributed by atoms with E-state index in [0.717, 1.165) is 5.69 Å². The summed E-state index contributed by atoms with van der Waals surface area (Å²) in [6.45, 7) is 7.47. The predicted octanol–water partition coefficient (Wildman–Crippen LogP) is 4.20. The lowest BCUT2D eigenvalue weighted by Gasteiger charge is -2.17. The standard InChI is InChI=1S/C21H26N2O3/c1-14(2)17-6-12-20(13-7-17)26-15(3)21(25)22-18-8-10-19(11-9-18)23(5)16(4)24/h6-15H,1-5H3,(H,22,25). The van der Waals surface area contributed by atoms with Gasteiger partial charge in [-0.3, -0.25) is 9.59 Å². The second-order valence-corrected chi connectivity index (χ2v) is 6.60. The van der Waals surface area contributed by atoms with Gasteiger partial charge in [-0.15, -0.1) is 0 Å². The van der Waals surface area contributed by atoms with Gasteiger partial charge in [0.05, 0.1) is 0 Å². The van der Waals surface area contributed by atoms with Crippen molar-refractivity contribution >= 4 is 23.2 Å². The van der Waals surface area contributed by atoms with Crippen LogP contribution in [0.15, 0.2) is 48.5 Å². The molecule has 0 bridgehead atoms. The van der Waals surface area contributed by atoms with Gasteiger partial charge in [-0.05, 0) is 54.8 Å². The number of amides is 2. The minimum absolute atomic E-state index is 0.0488. The van der Waals surface area contributed by atoms with Crippen molar-refractivity contribution in [1.29, 1.82) is 0 Å². The molecule has 1 unspecified atom stereocenters. The highest BCUT2D eigenvalue weighted by Crippen LogP contribution is 2.20. The van der Waals surface area contributed by atoms with E-state index in [1.54, 1.807) is 38.2 Å². The van der Waals surface area contributed by atoms with Crippen LogP contribution < -0.4 is 15.0 Å². The van der Waals surface area contributed by atoms with Crippen molar-refractivity contribution in [2.75, 3.05) is 17.3 Å². The third-order valence-corrected chi connectivity index (χ3v) is 4.22. The van der Waals surface area contributed by atoms with E-state index in [9.17, 15) is 9.59 Å². The summed E-state index contributed by atoms with van der Waals surface area (Å²) >= 11 is 0. The van der Waals surface area contributed by atoms with Crippen LogP contribution in [0.1, 0.15) is 39.2 Å². The molecule has 5 nitrogen and oxygen atoms in total. The number of anilines is 2. The van der Waals surface area contributed by atoms with Crippen molar-refractivity contribution in [2.24, 2.45) is 0 Å². The summed E-state index contributed by atoms with van der Waals surface area (Å²) < 4.78 is 5.71. The summed E-state index contributed by atoms with van der Waals surface area (Å²) in [5, 5.41) is 2.82. The molecule has 5 heteroatoms. The van der Waals surface area contributed by atoms with Gasteiger partial charge in [0.15, 0.2) is 6.10 Å². The molecular formula is C21H26N2O3. The lowest BCUT2D eigenvalue weighted by Crippen LogP contribution is -2.30. The Morgan fingerprint density at radius 2 is 1.54 bits per heavy atom. The molecule has 138 valence electrons. The summed E-state index contributed by atoms with van der Waals surface area (Å²) in [6.07, 6.45) is -0.625. The normalized spacial score (nSPS) is 11.8. The first-order valence-corrected chi connectivity index (χ1v) is 8.69. The summed E-state index contributed by atoms with van der Waals surface area (Å²) in [5.41, 5.74) is 2.65. The van der Waals surface area contributed by atoms with E-state index in [1.807, 2.05) is 24.3 Å². The molecule has 2 aromatic rings. The lowest BCUT2D eigenvalue weighted by atomic mass is 10.0. The molecule has 2 amide bonds. The van der Waals surface area contributed by atoms with Crippen LogP contribution in [0.25, 0.3) is 0 Å². The summed E-state index contributed by atoms with van der Waals surface area (Å²) in [7, 11) is 1.70. The maximum absolute atomic E-state index is 12.3. The van der Waals surface area contributed by atoms with Crippen molar-refractivity contribution in [3.05, 3.63) is 54.1 Å². The zero-order chi connectivity index (χ0) is 19.3. The topological polar surface area (TPSA) is 58.6 Å². The Hall–Kier alpha value is -2.82. The molecule has 0 spiro atoms. The maximum Gasteiger partial charge on any atom is 0.265 e. The average Bonchev–Trinajstić information content (AvgIpc) is 2.62. The van der Waals surface area contributed by atoms with Crippen molar-refractivity contribution in [2.45, 2.75) is 39.7 Å². The number of carbonyl (C=O) groups is 2. The van der Waals surface area contributed by atoms with Gasteiger partial charge < -0.3 is 15.0 Å². The minimum atomic E-state index is -0.625. The molecule has 0 aliphatic rings. The first kappa shape index (κ1) is 19.5. The van der Waals surface area contributed by atoms with Gasteiger partial charge in [0, 0.05) is 25.3 Å². The van der Waals surface area contributed by atoms with E-state index in [-0.39, 0.29) is 11.8 Å². The number of ether oxygens (including phenoxy) is 1. The fourth-order valence-electron chi connectivity index (χ4n) is 2.38. The fourth-order valence-corrected chi connectivity index (χ4v) is 2.38. The van der Waals surface area contributed by atoms with Gasteiger partial charge in [0.2, 0.25) is 5.91 Å². The number of benzene rings is 2. The molecule has 0 saturated heterocycles. The molecule has 0 radical (unpaired) electrons. The van der Waals surface area contributed by atoms with E-state index < -0.39 is 6.10 Å². The average molecular weight is 354 g/mol. The predicted molar refractivity (Wildman–Crippen MR) is 105 cm³/mol. The zero-order valence-corrected chi connectivity index (χ0v) is 15.9. The molecule has 1 atom stereocenters. The van der Waals surface area contributed by atoms with Gasteiger partial charge in [0.1, 0.15) is 5.75 Å². The molecule has 2 aromatic carbocycles. The van der Waals surface area contributed by atoms with Crippen LogP contribution >= 0.6 is 0 Å². The van der Waals surface area contributed by atoms with Crippen LogP contribution in [0.4, 0.5) is 11.4 Å². The molecular weight excluding hydrogens is 328 g/mol. The highest BCUT2D eigenvalue weighted by molar-refractivity contribution is 5.95. The Kier molecular flexibility index (Phi) is 6.39. The van der Waals surface area contributed by atoms with Crippen LogP contribution in [-0.4, -0.2) is 25.0 Å². The second kappa shape index (κ2) is 8.52. The lowest BCUT2D eigenvalue weighted by molar-refractivity contribution is -0.122. The zero-order valence-electron chi connectivity index (χ0n) is 15.9. The molecule has 0 saturated carbocycles.